The van der Waals surface area contributed by atoms with E-state index >= 15 is 0 Å². The third kappa shape index (κ3) is 3.35. The van der Waals surface area contributed by atoms with E-state index in [1.165, 1.54) is 0 Å². The van der Waals surface area contributed by atoms with Crippen molar-refractivity contribution in [1.82, 2.24) is 4.98 Å². The molecule has 2 aromatic rings. The Hall–Kier alpha value is -1.81. The number of nitrogens with two attached hydrogens (primary N) is 1. The summed E-state index contributed by atoms with van der Waals surface area (Å²) in [5.74, 6) is 0.986. The topological polar surface area (TPSA) is 51.4 Å². The number of ether oxygens (including phenoxy) is 1. The van der Waals surface area contributed by atoms with Crippen molar-refractivity contribution in [3.05, 3.63) is 30.3 Å². The van der Waals surface area contributed by atoms with Gasteiger partial charge in [-0.15, -0.1) is 0 Å². The molecule has 1 heterocycles. The maximum absolute atomic E-state index is 5.77. The van der Waals surface area contributed by atoms with Crippen LogP contribution >= 0.6 is 0 Å². The number of likely N-dealkylation sites (N-methyl/N-ethyl adjacent to an activating group) is 1. The quantitative estimate of drug-likeness (QED) is 0.640. The maximum Gasteiger partial charge on any atom is 0.129 e. The maximum atomic E-state index is 5.77. The van der Waals surface area contributed by atoms with Crippen molar-refractivity contribution < 1.29 is 4.74 Å². The summed E-state index contributed by atoms with van der Waals surface area (Å²) < 4.78 is 5.40. The van der Waals surface area contributed by atoms with E-state index < -0.39 is 0 Å². The van der Waals surface area contributed by atoms with E-state index in [9.17, 15) is 0 Å². The van der Waals surface area contributed by atoms with Crippen molar-refractivity contribution in [2.24, 2.45) is 0 Å². The van der Waals surface area contributed by atoms with E-state index in [0.29, 0.717) is 0 Å². The van der Waals surface area contributed by atoms with Gasteiger partial charge in [-0.05, 0) is 44.2 Å². The van der Waals surface area contributed by atoms with E-state index in [4.69, 9.17) is 10.5 Å². The van der Waals surface area contributed by atoms with Crippen LogP contribution in [-0.4, -0.2) is 31.3 Å². The lowest BCUT2D eigenvalue weighted by Crippen LogP contribution is -2.27. The van der Waals surface area contributed by atoms with Gasteiger partial charge in [-0.1, -0.05) is 0 Å². The van der Waals surface area contributed by atoms with Gasteiger partial charge >= 0.3 is 0 Å². The Morgan fingerprint density at radius 1 is 1.21 bits per heavy atom. The highest BCUT2D eigenvalue weighted by atomic mass is 16.5. The Labute approximate surface area is 114 Å². The molecule has 0 radical (unpaired) electrons. The summed E-state index contributed by atoms with van der Waals surface area (Å²) in [7, 11) is 0. The molecule has 2 rings (SSSR count). The van der Waals surface area contributed by atoms with Gasteiger partial charge in [0.2, 0.25) is 0 Å². The van der Waals surface area contributed by atoms with Crippen molar-refractivity contribution >= 4 is 22.4 Å². The molecule has 102 valence electrons. The third-order valence-electron chi connectivity index (χ3n) is 3.11. The molecule has 19 heavy (non-hydrogen) atoms. The number of rotatable bonds is 6. The van der Waals surface area contributed by atoms with E-state index in [1.54, 1.807) is 0 Å². The summed E-state index contributed by atoms with van der Waals surface area (Å²) in [6.07, 6.45) is 0. The number of anilines is 2. The Kier molecular flexibility index (Phi) is 4.58. The average Bonchev–Trinajstić information content (AvgIpc) is 2.43. The van der Waals surface area contributed by atoms with Gasteiger partial charge in [0.15, 0.2) is 0 Å². The van der Waals surface area contributed by atoms with Gasteiger partial charge < -0.3 is 15.4 Å². The molecule has 0 amide bonds. The highest BCUT2D eigenvalue weighted by Crippen LogP contribution is 2.20. The van der Waals surface area contributed by atoms with Crippen LogP contribution in [0.1, 0.15) is 13.8 Å². The van der Waals surface area contributed by atoms with Gasteiger partial charge in [-0.3, -0.25) is 0 Å². The zero-order valence-corrected chi connectivity index (χ0v) is 11.6. The Balaban J connectivity index is 2.20. The predicted molar refractivity (Wildman–Crippen MR) is 80.5 cm³/mol. The number of hydrogen-bond acceptors (Lipinski definition) is 4. The Morgan fingerprint density at radius 3 is 2.79 bits per heavy atom. The van der Waals surface area contributed by atoms with E-state index in [0.717, 1.165) is 48.7 Å². The van der Waals surface area contributed by atoms with Crippen molar-refractivity contribution in [3.8, 4) is 0 Å². The zero-order chi connectivity index (χ0) is 13.7. The van der Waals surface area contributed by atoms with Crippen LogP contribution in [0.5, 0.6) is 0 Å². The first-order valence-electron chi connectivity index (χ1n) is 6.73. The molecule has 0 spiro atoms. The first-order chi connectivity index (χ1) is 9.24. The summed E-state index contributed by atoms with van der Waals surface area (Å²) in [6, 6.07) is 9.90. The average molecular weight is 259 g/mol. The van der Waals surface area contributed by atoms with Crippen LogP contribution in [0.3, 0.4) is 0 Å². The molecule has 1 aromatic heterocycles. The highest BCUT2D eigenvalue weighted by molar-refractivity contribution is 5.83. The number of aromatic nitrogens is 1. The number of pyridine rings is 1. The van der Waals surface area contributed by atoms with Gasteiger partial charge in [0.1, 0.15) is 5.82 Å². The Bertz CT molecular complexity index is 542. The number of hydrogen-bond donors (Lipinski definition) is 1. The zero-order valence-electron chi connectivity index (χ0n) is 11.6. The second-order valence-corrected chi connectivity index (χ2v) is 4.40. The van der Waals surface area contributed by atoms with Gasteiger partial charge in [-0.2, -0.15) is 0 Å². The molecule has 0 saturated heterocycles. The van der Waals surface area contributed by atoms with E-state index in [2.05, 4.69) is 22.9 Å². The van der Waals surface area contributed by atoms with Crippen LogP contribution in [0.25, 0.3) is 10.9 Å². The standard InChI is InChI=1S/C15H21N3O/c1-3-18(9-10-19-4-2)15-8-5-12-11-13(16)6-7-14(12)17-15/h5-8,11H,3-4,9-10,16H2,1-2H3. The lowest BCUT2D eigenvalue weighted by atomic mass is 10.2. The monoisotopic (exact) mass is 259 g/mol. The van der Waals surface area contributed by atoms with Crippen LogP contribution in [0, 0.1) is 0 Å². The number of nitrogen functional groups attached to an aromatic ring is 1. The summed E-state index contributed by atoms with van der Waals surface area (Å²) >= 11 is 0. The molecule has 4 nitrogen and oxygen atoms in total. The van der Waals surface area contributed by atoms with Gasteiger partial charge in [-0.25, -0.2) is 4.98 Å². The fourth-order valence-electron chi connectivity index (χ4n) is 2.06. The molecule has 0 aliphatic rings. The lowest BCUT2D eigenvalue weighted by molar-refractivity contribution is 0.154. The molecule has 0 saturated carbocycles. The molecule has 2 N–H and O–H groups in total. The second-order valence-electron chi connectivity index (χ2n) is 4.40. The third-order valence-corrected chi connectivity index (χ3v) is 3.11. The molecular weight excluding hydrogens is 238 g/mol. The van der Waals surface area contributed by atoms with E-state index in [1.807, 2.05) is 31.2 Å². The number of benzene rings is 1. The minimum atomic E-state index is 0.728. The molecule has 0 fully saturated rings. The van der Waals surface area contributed by atoms with Gasteiger partial charge in [0, 0.05) is 30.8 Å². The normalized spacial score (nSPS) is 10.8. The van der Waals surface area contributed by atoms with Crippen LogP contribution in [-0.2, 0) is 4.74 Å². The fraction of sp³-hybridized carbons (Fsp3) is 0.400. The number of fused-ring (bicyclic) bond motifs is 1. The first kappa shape index (κ1) is 13.6. The SMILES string of the molecule is CCOCCN(CC)c1ccc2cc(N)ccc2n1. The number of nitrogens with zero attached hydrogens (tertiary/aromatic N) is 2. The molecule has 0 bridgehead atoms. The minimum Gasteiger partial charge on any atom is -0.399 e. The predicted octanol–water partition coefficient (Wildman–Crippen LogP) is 2.68. The van der Waals surface area contributed by atoms with Crippen molar-refractivity contribution in [3.63, 3.8) is 0 Å². The fourth-order valence-corrected chi connectivity index (χ4v) is 2.06. The van der Waals surface area contributed by atoms with Crippen LogP contribution in [0.2, 0.25) is 0 Å². The molecule has 4 heteroatoms. The lowest BCUT2D eigenvalue weighted by Gasteiger charge is -2.22. The molecule has 0 atom stereocenters. The molecular formula is C15H21N3O. The summed E-state index contributed by atoms with van der Waals surface area (Å²) in [6.45, 7) is 7.39. The van der Waals surface area contributed by atoms with Crippen molar-refractivity contribution in [2.75, 3.05) is 36.9 Å². The first-order valence-corrected chi connectivity index (χ1v) is 6.73. The van der Waals surface area contributed by atoms with Crippen molar-refractivity contribution in [2.45, 2.75) is 13.8 Å². The Morgan fingerprint density at radius 2 is 2.05 bits per heavy atom. The molecule has 0 aliphatic carbocycles. The van der Waals surface area contributed by atoms with Crippen LogP contribution < -0.4 is 10.6 Å². The second kappa shape index (κ2) is 6.38. The summed E-state index contributed by atoms with van der Waals surface area (Å²) in [5, 5.41) is 1.07. The van der Waals surface area contributed by atoms with Crippen LogP contribution in [0.15, 0.2) is 30.3 Å². The summed E-state index contributed by atoms with van der Waals surface area (Å²) in [4.78, 5) is 6.89. The molecule has 0 aliphatic heterocycles. The summed E-state index contributed by atoms with van der Waals surface area (Å²) in [5.41, 5.74) is 7.52. The van der Waals surface area contributed by atoms with Gasteiger partial charge in [0.05, 0.1) is 12.1 Å². The molecule has 1 aromatic carbocycles. The van der Waals surface area contributed by atoms with Gasteiger partial charge in [0.25, 0.3) is 0 Å². The van der Waals surface area contributed by atoms with Crippen molar-refractivity contribution in [1.29, 1.82) is 0 Å². The molecule has 0 unspecified atom stereocenters. The smallest absolute Gasteiger partial charge is 0.129 e. The van der Waals surface area contributed by atoms with Crippen LogP contribution in [0.4, 0.5) is 11.5 Å². The minimum absolute atomic E-state index is 0.728. The van der Waals surface area contributed by atoms with E-state index in [-0.39, 0.29) is 0 Å². The largest absolute Gasteiger partial charge is 0.399 e. The highest BCUT2D eigenvalue weighted by Gasteiger charge is 2.06.